The molecule has 0 saturated heterocycles. The lowest BCUT2D eigenvalue weighted by atomic mass is 9.89. The lowest BCUT2D eigenvalue weighted by Gasteiger charge is -2.22. The van der Waals surface area contributed by atoms with Crippen LogP contribution >= 0.6 is 11.6 Å². The fourth-order valence-corrected chi connectivity index (χ4v) is 3.58. The van der Waals surface area contributed by atoms with E-state index in [1.807, 2.05) is 18.2 Å². The third-order valence-corrected chi connectivity index (χ3v) is 5.11. The Balaban J connectivity index is 1.71. The molecule has 0 fully saturated rings. The van der Waals surface area contributed by atoms with Gasteiger partial charge in [-0.05, 0) is 29.8 Å². The van der Waals surface area contributed by atoms with Crippen LogP contribution in [-0.4, -0.2) is 16.8 Å². The number of hydrogen-bond donors (Lipinski definition) is 1. The van der Waals surface area contributed by atoms with Gasteiger partial charge in [-0.2, -0.15) is 0 Å². The first kappa shape index (κ1) is 17.5. The van der Waals surface area contributed by atoms with E-state index in [9.17, 15) is 14.7 Å². The van der Waals surface area contributed by atoms with E-state index in [0.29, 0.717) is 16.3 Å². The SMILES string of the molecule is O=C(C[C@@]1(O)C(=O)N(Cc2ccccc2Cl)c2ccccc21)c1ccco1. The molecule has 0 unspecified atom stereocenters. The van der Waals surface area contributed by atoms with E-state index in [-0.39, 0.29) is 12.3 Å². The predicted octanol–water partition coefficient (Wildman–Crippen LogP) is 3.94. The van der Waals surface area contributed by atoms with Crippen molar-refractivity contribution in [3.05, 3.63) is 88.8 Å². The van der Waals surface area contributed by atoms with E-state index < -0.39 is 23.7 Å². The van der Waals surface area contributed by atoms with E-state index in [4.69, 9.17) is 16.0 Å². The van der Waals surface area contributed by atoms with Crippen molar-refractivity contribution in [1.82, 2.24) is 0 Å². The molecule has 1 amide bonds. The summed E-state index contributed by atoms with van der Waals surface area (Å²) in [6.45, 7) is 0.201. The number of hydrogen-bond acceptors (Lipinski definition) is 4. The van der Waals surface area contributed by atoms with Gasteiger partial charge in [0.1, 0.15) is 0 Å². The summed E-state index contributed by atoms with van der Waals surface area (Å²) in [5.74, 6) is -0.882. The Morgan fingerprint density at radius 2 is 1.81 bits per heavy atom. The highest BCUT2D eigenvalue weighted by Gasteiger charge is 2.51. The molecule has 0 aliphatic carbocycles. The summed E-state index contributed by atoms with van der Waals surface area (Å²) in [5.41, 5.74) is -0.218. The highest BCUT2D eigenvalue weighted by Crippen LogP contribution is 2.43. The number of benzene rings is 2. The molecule has 6 heteroatoms. The molecule has 2 aromatic carbocycles. The fourth-order valence-electron chi connectivity index (χ4n) is 3.39. The van der Waals surface area contributed by atoms with Crippen LogP contribution in [0.15, 0.2) is 71.3 Å². The molecular weight excluding hydrogens is 366 g/mol. The van der Waals surface area contributed by atoms with Crippen LogP contribution < -0.4 is 4.90 Å². The van der Waals surface area contributed by atoms with Gasteiger partial charge in [0.15, 0.2) is 11.4 Å². The van der Waals surface area contributed by atoms with Gasteiger partial charge in [-0.3, -0.25) is 9.59 Å². The summed E-state index contributed by atoms with van der Waals surface area (Å²) >= 11 is 6.23. The van der Waals surface area contributed by atoms with Gasteiger partial charge in [-0.15, -0.1) is 0 Å². The lowest BCUT2D eigenvalue weighted by molar-refractivity contribution is -0.136. The molecule has 3 aromatic rings. The predicted molar refractivity (Wildman–Crippen MR) is 101 cm³/mol. The van der Waals surface area contributed by atoms with E-state index >= 15 is 0 Å². The van der Waals surface area contributed by atoms with E-state index in [1.165, 1.54) is 17.2 Å². The van der Waals surface area contributed by atoms with Crippen molar-refractivity contribution >= 4 is 29.0 Å². The maximum Gasteiger partial charge on any atom is 0.264 e. The second-order valence-corrected chi connectivity index (χ2v) is 6.84. The number of halogens is 1. The normalized spacial score (nSPS) is 18.6. The number of rotatable bonds is 5. The summed E-state index contributed by atoms with van der Waals surface area (Å²) in [5, 5.41) is 11.7. The van der Waals surface area contributed by atoms with E-state index in [0.717, 1.165) is 5.56 Å². The van der Waals surface area contributed by atoms with Crippen LogP contribution in [-0.2, 0) is 16.9 Å². The van der Waals surface area contributed by atoms with Crippen LogP contribution in [0, 0.1) is 0 Å². The first-order valence-corrected chi connectivity index (χ1v) is 8.82. The minimum Gasteiger partial charge on any atom is -0.461 e. The van der Waals surface area contributed by atoms with Crippen LogP contribution in [0.5, 0.6) is 0 Å². The molecule has 5 nitrogen and oxygen atoms in total. The Morgan fingerprint density at radius 3 is 2.56 bits per heavy atom. The summed E-state index contributed by atoms with van der Waals surface area (Å²) in [6.07, 6.45) is 0.987. The molecular formula is C21H16ClNO4. The summed E-state index contributed by atoms with van der Waals surface area (Å²) in [4.78, 5) is 27.1. The average molecular weight is 382 g/mol. The van der Waals surface area contributed by atoms with Crippen molar-refractivity contribution in [3.8, 4) is 0 Å². The molecule has 0 bridgehead atoms. The number of ketones is 1. The third kappa shape index (κ3) is 2.95. The van der Waals surface area contributed by atoms with Crippen LogP contribution in [0.3, 0.4) is 0 Å². The molecule has 1 aromatic heterocycles. The molecule has 136 valence electrons. The van der Waals surface area contributed by atoms with Gasteiger partial charge in [0, 0.05) is 10.6 Å². The molecule has 2 heterocycles. The Bertz CT molecular complexity index is 1010. The number of Topliss-reactive ketones (excluding diaryl/α,β-unsaturated/α-hetero) is 1. The van der Waals surface area contributed by atoms with Gasteiger partial charge in [0.25, 0.3) is 5.91 Å². The monoisotopic (exact) mass is 381 g/mol. The van der Waals surface area contributed by atoms with Crippen LogP contribution in [0.2, 0.25) is 5.02 Å². The number of carbonyl (C=O) groups is 2. The van der Waals surface area contributed by atoms with Gasteiger partial charge in [0.05, 0.1) is 24.9 Å². The molecule has 1 aliphatic rings. The third-order valence-electron chi connectivity index (χ3n) is 4.74. The number of nitrogens with zero attached hydrogens (tertiary/aromatic N) is 1. The number of amides is 1. The first-order chi connectivity index (χ1) is 13.0. The number of anilines is 1. The zero-order valence-corrected chi connectivity index (χ0v) is 15.0. The second kappa shape index (κ2) is 6.68. The Kier molecular flexibility index (Phi) is 4.34. The number of aliphatic hydroxyl groups is 1. The van der Waals surface area contributed by atoms with Crippen molar-refractivity contribution in [2.75, 3.05) is 4.90 Å². The van der Waals surface area contributed by atoms with Gasteiger partial charge in [-0.25, -0.2) is 0 Å². The summed E-state index contributed by atoms with van der Waals surface area (Å²) < 4.78 is 5.11. The number of para-hydroxylation sites is 1. The highest BCUT2D eigenvalue weighted by atomic mass is 35.5. The summed E-state index contributed by atoms with van der Waals surface area (Å²) in [6, 6.07) is 17.2. The standard InChI is InChI=1S/C21H16ClNO4/c22-16-8-3-1-6-14(16)13-23-17-9-4-2-7-15(17)21(26,20(23)25)12-18(24)19-10-5-11-27-19/h1-11,26H,12-13H2/t21-/m0/s1. The summed E-state index contributed by atoms with van der Waals surface area (Å²) in [7, 11) is 0. The first-order valence-electron chi connectivity index (χ1n) is 8.44. The lowest BCUT2D eigenvalue weighted by Crippen LogP contribution is -2.41. The minimum absolute atomic E-state index is 0.109. The molecule has 0 radical (unpaired) electrons. The maximum absolute atomic E-state index is 13.2. The Morgan fingerprint density at radius 1 is 1.07 bits per heavy atom. The molecule has 4 rings (SSSR count). The zero-order chi connectivity index (χ0) is 19.0. The largest absolute Gasteiger partial charge is 0.461 e. The van der Waals surface area contributed by atoms with Gasteiger partial charge in [-0.1, -0.05) is 48.0 Å². The smallest absolute Gasteiger partial charge is 0.264 e. The molecule has 27 heavy (non-hydrogen) atoms. The van der Waals surface area contributed by atoms with Gasteiger partial charge in [0.2, 0.25) is 5.78 Å². The topological polar surface area (TPSA) is 70.8 Å². The molecule has 1 aliphatic heterocycles. The Hall–Kier alpha value is -2.89. The van der Waals surface area contributed by atoms with Crippen LogP contribution in [0.4, 0.5) is 5.69 Å². The number of fused-ring (bicyclic) bond motifs is 1. The van der Waals surface area contributed by atoms with E-state index in [2.05, 4.69) is 0 Å². The van der Waals surface area contributed by atoms with Crippen molar-refractivity contribution < 1.29 is 19.1 Å². The zero-order valence-electron chi connectivity index (χ0n) is 14.3. The van der Waals surface area contributed by atoms with Gasteiger partial charge < -0.3 is 14.4 Å². The van der Waals surface area contributed by atoms with Crippen molar-refractivity contribution in [2.45, 2.75) is 18.6 Å². The van der Waals surface area contributed by atoms with Crippen LogP contribution in [0.25, 0.3) is 0 Å². The van der Waals surface area contributed by atoms with Crippen molar-refractivity contribution in [3.63, 3.8) is 0 Å². The molecule has 1 N–H and O–H groups in total. The van der Waals surface area contributed by atoms with Crippen LogP contribution in [0.1, 0.15) is 28.1 Å². The number of furan rings is 1. The van der Waals surface area contributed by atoms with Crippen molar-refractivity contribution in [2.24, 2.45) is 0 Å². The Labute approximate surface area is 160 Å². The maximum atomic E-state index is 13.2. The second-order valence-electron chi connectivity index (χ2n) is 6.44. The minimum atomic E-state index is -1.94. The molecule has 0 saturated carbocycles. The number of carbonyl (C=O) groups excluding carboxylic acids is 2. The fraction of sp³-hybridized carbons (Fsp3) is 0.143. The average Bonchev–Trinajstić information content (AvgIpc) is 3.27. The quantitative estimate of drug-likeness (QED) is 0.679. The molecule has 0 spiro atoms. The van der Waals surface area contributed by atoms with Gasteiger partial charge >= 0.3 is 0 Å². The van der Waals surface area contributed by atoms with Crippen molar-refractivity contribution in [1.29, 1.82) is 0 Å². The highest BCUT2D eigenvalue weighted by molar-refractivity contribution is 6.31. The van der Waals surface area contributed by atoms with E-state index in [1.54, 1.807) is 36.4 Å². The molecule has 1 atom stereocenters.